The number of aromatic nitrogens is 3. The average Bonchev–Trinajstić information content (AvgIpc) is 3.48. The predicted octanol–water partition coefficient (Wildman–Crippen LogP) is 2.69. The second-order valence-corrected chi connectivity index (χ2v) is 8.11. The van der Waals surface area contributed by atoms with E-state index in [4.69, 9.17) is 20.9 Å². The van der Waals surface area contributed by atoms with Gasteiger partial charge in [0.05, 0.1) is 12.7 Å². The summed E-state index contributed by atoms with van der Waals surface area (Å²) in [5.74, 6) is 0.557. The summed E-state index contributed by atoms with van der Waals surface area (Å²) in [4.78, 5) is 31.7. The number of hydrogen-bond donors (Lipinski definition) is 1. The summed E-state index contributed by atoms with van der Waals surface area (Å²) in [6.07, 6.45) is 5.38. The molecule has 1 fully saturated rings. The molecule has 1 N–H and O–H groups in total. The van der Waals surface area contributed by atoms with Crippen molar-refractivity contribution in [3.05, 3.63) is 65.5 Å². The normalized spacial score (nSPS) is 19.8. The fraction of sp³-hybridized carbons (Fsp3) is 0.333. The summed E-state index contributed by atoms with van der Waals surface area (Å²) >= 11 is 5.92. The zero-order chi connectivity index (χ0) is 21.4. The molecule has 2 aliphatic heterocycles. The Kier molecular flexibility index (Phi) is 4.99. The molecule has 0 aliphatic carbocycles. The number of amides is 2. The van der Waals surface area contributed by atoms with E-state index in [1.165, 1.54) is 6.20 Å². The highest BCUT2D eigenvalue weighted by Crippen LogP contribution is 2.40. The van der Waals surface area contributed by atoms with Gasteiger partial charge in [0.1, 0.15) is 11.4 Å². The van der Waals surface area contributed by atoms with Crippen molar-refractivity contribution < 1.29 is 18.8 Å². The highest BCUT2D eigenvalue weighted by atomic mass is 35.5. The van der Waals surface area contributed by atoms with Crippen LogP contribution >= 0.6 is 11.6 Å². The number of imidazole rings is 1. The average molecular weight is 442 g/mol. The van der Waals surface area contributed by atoms with Gasteiger partial charge in [0, 0.05) is 55.1 Å². The van der Waals surface area contributed by atoms with Crippen LogP contribution in [-0.4, -0.2) is 50.6 Å². The van der Waals surface area contributed by atoms with Gasteiger partial charge < -0.3 is 24.0 Å². The van der Waals surface area contributed by atoms with Gasteiger partial charge in [-0.25, -0.2) is 4.98 Å². The predicted molar refractivity (Wildman–Crippen MR) is 111 cm³/mol. The van der Waals surface area contributed by atoms with Gasteiger partial charge in [-0.3, -0.25) is 9.59 Å². The number of halogens is 1. The topological polar surface area (TPSA) is 102 Å². The number of nitrogens with one attached hydrogen (secondary N) is 1. The van der Waals surface area contributed by atoms with E-state index in [1.807, 2.05) is 10.8 Å². The number of anilines is 1. The van der Waals surface area contributed by atoms with Crippen molar-refractivity contribution in [1.29, 1.82) is 0 Å². The maximum absolute atomic E-state index is 13.0. The van der Waals surface area contributed by atoms with E-state index in [0.717, 1.165) is 5.82 Å². The molecule has 0 unspecified atom stereocenters. The van der Waals surface area contributed by atoms with Gasteiger partial charge in [0.2, 0.25) is 5.76 Å². The SMILES string of the molecule is O=C(Nc1ccc(Cl)cc1)[C@@H]1Cn2ccnc2C2(CCN(C(=O)c3ccno3)CC2)O1. The molecular weight excluding hydrogens is 422 g/mol. The lowest BCUT2D eigenvalue weighted by atomic mass is 9.88. The Morgan fingerprint density at radius 1 is 1.13 bits per heavy atom. The molecule has 2 aromatic heterocycles. The van der Waals surface area contributed by atoms with Crippen molar-refractivity contribution in [3.8, 4) is 0 Å². The molecule has 3 aromatic rings. The van der Waals surface area contributed by atoms with Crippen molar-refractivity contribution in [2.45, 2.75) is 31.1 Å². The number of ether oxygens (including phenoxy) is 1. The number of carbonyl (C=O) groups excluding carboxylic acids is 2. The fourth-order valence-electron chi connectivity index (χ4n) is 4.18. The minimum atomic E-state index is -0.734. The molecule has 2 aliphatic rings. The highest BCUT2D eigenvalue weighted by Gasteiger charge is 2.47. The van der Waals surface area contributed by atoms with Crippen LogP contribution in [0.4, 0.5) is 5.69 Å². The van der Waals surface area contributed by atoms with Crippen LogP contribution in [0.1, 0.15) is 29.2 Å². The molecule has 2 amide bonds. The lowest BCUT2D eigenvalue weighted by molar-refractivity contribution is -0.168. The lowest BCUT2D eigenvalue weighted by Gasteiger charge is -2.45. The second-order valence-electron chi connectivity index (χ2n) is 7.67. The number of fused-ring (bicyclic) bond motifs is 2. The molecule has 10 heteroatoms. The first-order valence-electron chi connectivity index (χ1n) is 10.00. The van der Waals surface area contributed by atoms with E-state index in [0.29, 0.717) is 43.2 Å². The molecule has 1 saturated heterocycles. The molecule has 9 nitrogen and oxygen atoms in total. The Hall–Kier alpha value is -3.17. The van der Waals surface area contributed by atoms with Gasteiger partial charge >= 0.3 is 0 Å². The van der Waals surface area contributed by atoms with Crippen molar-refractivity contribution >= 4 is 29.1 Å². The van der Waals surface area contributed by atoms with Crippen LogP contribution in [0.2, 0.25) is 5.02 Å². The zero-order valence-corrected chi connectivity index (χ0v) is 17.3. The molecule has 1 atom stereocenters. The summed E-state index contributed by atoms with van der Waals surface area (Å²) in [6, 6.07) is 8.48. The molecule has 4 heterocycles. The number of rotatable bonds is 3. The number of piperidine rings is 1. The van der Waals surface area contributed by atoms with Gasteiger partial charge in [0.15, 0.2) is 6.10 Å². The Morgan fingerprint density at radius 3 is 2.61 bits per heavy atom. The van der Waals surface area contributed by atoms with Gasteiger partial charge in [-0.05, 0) is 24.3 Å². The first-order valence-corrected chi connectivity index (χ1v) is 10.4. The number of likely N-dealkylation sites (tertiary alicyclic amines) is 1. The van der Waals surface area contributed by atoms with Crippen molar-refractivity contribution in [2.24, 2.45) is 0 Å². The quantitative estimate of drug-likeness (QED) is 0.670. The number of hydrogen-bond acceptors (Lipinski definition) is 6. The smallest absolute Gasteiger partial charge is 0.292 e. The maximum atomic E-state index is 13.0. The Morgan fingerprint density at radius 2 is 1.90 bits per heavy atom. The van der Waals surface area contributed by atoms with Crippen molar-refractivity contribution in [3.63, 3.8) is 0 Å². The van der Waals surface area contributed by atoms with Crippen LogP contribution < -0.4 is 5.32 Å². The van der Waals surface area contributed by atoms with Crippen LogP contribution in [0.15, 0.2) is 53.4 Å². The molecular formula is C21H20ClN5O4. The van der Waals surface area contributed by atoms with E-state index in [9.17, 15) is 9.59 Å². The largest absolute Gasteiger partial charge is 0.352 e. The summed E-state index contributed by atoms with van der Waals surface area (Å²) in [7, 11) is 0. The Labute approximate surface area is 182 Å². The molecule has 0 radical (unpaired) electrons. The molecule has 1 spiro atoms. The third kappa shape index (κ3) is 3.70. The van der Waals surface area contributed by atoms with E-state index in [-0.39, 0.29) is 17.6 Å². The van der Waals surface area contributed by atoms with E-state index < -0.39 is 11.7 Å². The van der Waals surface area contributed by atoms with E-state index >= 15 is 0 Å². The van der Waals surface area contributed by atoms with E-state index in [1.54, 1.807) is 41.4 Å². The first-order chi connectivity index (χ1) is 15.0. The maximum Gasteiger partial charge on any atom is 0.292 e. The standard InChI is InChI=1S/C21H20ClN5O4/c22-14-1-3-15(4-2-14)25-18(28)17-13-27-12-9-23-20(27)21(30-17)6-10-26(11-7-21)19(29)16-5-8-24-31-16/h1-5,8-9,12,17H,6-7,10-11,13H2,(H,25,28)/t17-/m0/s1. The van der Waals surface area contributed by atoms with Crippen LogP contribution in [0.3, 0.4) is 0 Å². The van der Waals surface area contributed by atoms with Gasteiger partial charge in [-0.1, -0.05) is 16.8 Å². The van der Waals surface area contributed by atoms with Gasteiger partial charge in [-0.2, -0.15) is 0 Å². The summed E-state index contributed by atoms with van der Waals surface area (Å²) < 4.78 is 13.3. The molecule has 0 bridgehead atoms. The first kappa shape index (κ1) is 19.8. The molecule has 160 valence electrons. The molecule has 0 saturated carbocycles. The Balaban J connectivity index is 1.32. The van der Waals surface area contributed by atoms with Gasteiger partial charge in [-0.15, -0.1) is 0 Å². The lowest BCUT2D eigenvalue weighted by Crippen LogP contribution is -2.54. The summed E-state index contributed by atoms with van der Waals surface area (Å²) in [5, 5.41) is 7.09. The van der Waals surface area contributed by atoms with Gasteiger partial charge in [0.25, 0.3) is 11.8 Å². The molecule has 5 rings (SSSR count). The third-order valence-corrected chi connectivity index (χ3v) is 6.02. The summed E-state index contributed by atoms with van der Waals surface area (Å²) in [6.45, 7) is 1.28. The molecule has 31 heavy (non-hydrogen) atoms. The Bertz CT molecular complexity index is 1090. The van der Waals surface area contributed by atoms with Crippen LogP contribution in [0, 0.1) is 0 Å². The summed E-state index contributed by atoms with van der Waals surface area (Å²) in [5.41, 5.74) is -0.0852. The minimum absolute atomic E-state index is 0.205. The number of nitrogens with zero attached hydrogens (tertiary/aromatic N) is 4. The van der Waals surface area contributed by atoms with Crippen LogP contribution in [0.25, 0.3) is 0 Å². The fourth-order valence-corrected chi connectivity index (χ4v) is 4.31. The van der Waals surface area contributed by atoms with Crippen LogP contribution in [0.5, 0.6) is 0 Å². The highest BCUT2D eigenvalue weighted by molar-refractivity contribution is 6.30. The zero-order valence-electron chi connectivity index (χ0n) is 16.5. The minimum Gasteiger partial charge on any atom is -0.352 e. The molecule has 1 aromatic carbocycles. The second kappa shape index (κ2) is 7.82. The van der Waals surface area contributed by atoms with Crippen molar-refractivity contribution in [2.75, 3.05) is 18.4 Å². The number of benzene rings is 1. The number of carbonyl (C=O) groups is 2. The van der Waals surface area contributed by atoms with Crippen LogP contribution in [-0.2, 0) is 21.7 Å². The van der Waals surface area contributed by atoms with Crippen molar-refractivity contribution in [1.82, 2.24) is 19.6 Å². The third-order valence-electron chi connectivity index (χ3n) is 5.76. The monoisotopic (exact) mass is 441 g/mol. The van der Waals surface area contributed by atoms with E-state index in [2.05, 4.69) is 15.5 Å².